The van der Waals surface area contributed by atoms with Crippen LogP contribution < -0.4 is 0 Å². The summed E-state index contributed by atoms with van der Waals surface area (Å²) in [4.78, 5) is 26.8. The minimum absolute atomic E-state index is 0.0417. The number of hydrogen-bond donors (Lipinski definition) is 0. The maximum Gasteiger partial charge on any atom is 0.419 e. The van der Waals surface area contributed by atoms with Gasteiger partial charge in [0.1, 0.15) is 5.60 Å². The third kappa shape index (κ3) is 2.22. The van der Waals surface area contributed by atoms with Gasteiger partial charge in [0.05, 0.1) is 11.6 Å². The molecule has 1 amide bonds. The highest BCUT2D eigenvalue weighted by Crippen LogP contribution is 2.43. The molecule has 2 heterocycles. The average Bonchev–Trinajstić information content (AvgIpc) is 3.00. The van der Waals surface area contributed by atoms with Crippen LogP contribution in [0, 0.1) is 0 Å². The number of benzene rings is 1. The third-order valence-electron chi connectivity index (χ3n) is 5.05. The molecule has 2 aromatic rings. The van der Waals surface area contributed by atoms with E-state index in [-0.39, 0.29) is 18.0 Å². The van der Waals surface area contributed by atoms with Gasteiger partial charge in [0.25, 0.3) is 0 Å². The first kappa shape index (κ1) is 15.9. The summed E-state index contributed by atoms with van der Waals surface area (Å²) in [6, 6.07) is 5.96. The van der Waals surface area contributed by atoms with Crippen LogP contribution in [0.2, 0.25) is 0 Å². The molecule has 1 aliphatic heterocycles. The second-order valence-corrected chi connectivity index (χ2v) is 7.88. The van der Waals surface area contributed by atoms with Crippen LogP contribution in [0.5, 0.6) is 0 Å². The van der Waals surface area contributed by atoms with E-state index in [1.165, 1.54) is 0 Å². The van der Waals surface area contributed by atoms with Crippen LogP contribution in [0.15, 0.2) is 30.0 Å². The Balaban J connectivity index is 1.92. The van der Waals surface area contributed by atoms with Crippen LogP contribution in [-0.4, -0.2) is 40.2 Å². The Morgan fingerprint density at radius 1 is 1.28 bits per heavy atom. The Bertz CT molecular complexity index is 959. The molecular formula is C20H22N2O3. The largest absolute Gasteiger partial charge is 0.443 e. The predicted octanol–water partition coefficient (Wildman–Crippen LogP) is 3.59. The maximum atomic E-state index is 12.6. The van der Waals surface area contributed by atoms with Gasteiger partial charge in [-0.05, 0) is 56.9 Å². The topological polar surface area (TPSA) is 51.5 Å². The summed E-state index contributed by atoms with van der Waals surface area (Å²) in [6.45, 7) is 7.48. The summed E-state index contributed by atoms with van der Waals surface area (Å²) in [5.41, 5.74) is 4.32. The number of ether oxygens (including phenoxy) is 1. The van der Waals surface area contributed by atoms with Gasteiger partial charge in [0.2, 0.25) is 5.91 Å². The molecule has 4 rings (SSSR count). The van der Waals surface area contributed by atoms with Gasteiger partial charge in [0.15, 0.2) is 0 Å². The third-order valence-corrected chi connectivity index (χ3v) is 5.05. The molecule has 1 aliphatic carbocycles. The molecule has 0 bridgehead atoms. The molecule has 0 unspecified atom stereocenters. The summed E-state index contributed by atoms with van der Waals surface area (Å²) in [5, 5.41) is 1.06. The van der Waals surface area contributed by atoms with Gasteiger partial charge >= 0.3 is 6.09 Å². The number of carbonyl (C=O) groups excluding carboxylic acids is 2. The lowest BCUT2D eigenvalue weighted by atomic mass is 9.84. The fourth-order valence-corrected chi connectivity index (χ4v) is 4.00. The number of aromatic nitrogens is 1. The fourth-order valence-electron chi connectivity index (χ4n) is 4.00. The summed E-state index contributed by atoms with van der Waals surface area (Å²) in [7, 11) is 1.85. The number of rotatable bonds is 0. The Morgan fingerprint density at radius 2 is 2.00 bits per heavy atom. The van der Waals surface area contributed by atoms with Crippen LogP contribution >= 0.6 is 0 Å². The first-order chi connectivity index (χ1) is 11.7. The molecule has 0 N–H and O–H groups in total. The van der Waals surface area contributed by atoms with E-state index in [0.29, 0.717) is 0 Å². The van der Waals surface area contributed by atoms with Crippen LogP contribution in [-0.2, 0) is 16.0 Å². The van der Waals surface area contributed by atoms with E-state index in [9.17, 15) is 9.59 Å². The zero-order valence-corrected chi connectivity index (χ0v) is 15.2. The van der Waals surface area contributed by atoms with Crippen LogP contribution in [0.4, 0.5) is 4.79 Å². The average molecular weight is 338 g/mol. The Kier molecular flexibility index (Phi) is 3.17. The van der Waals surface area contributed by atoms with Crippen LogP contribution in [0.1, 0.15) is 38.8 Å². The van der Waals surface area contributed by atoms with Crippen molar-refractivity contribution in [2.24, 2.45) is 0 Å². The lowest BCUT2D eigenvalue weighted by Crippen LogP contribution is -2.34. The molecule has 5 nitrogen and oxygen atoms in total. The van der Waals surface area contributed by atoms with Crippen LogP contribution in [0.25, 0.3) is 16.5 Å². The zero-order valence-electron chi connectivity index (χ0n) is 15.2. The number of hydrogen-bond acceptors (Lipinski definition) is 3. The van der Waals surface area contributed by atoms with Crippen LogP contribution in [0.3, 0.4) is 0 Å². The molecule has 0 radical (unpaired) electrons. The maximum absolute atomic E-state index is 12.6. The molecule has 1 aromatic heterocycles. The first-order valence-electron chi connectivity index (χ1n) is 8.53. The molecule has 2 aliphatic rings. The molecule has 1 atom stereocenters. The fraction of sp³-hybridized carbons (Fsp3) is 0.400. The predicted molar refractivity (Wildman–Crippen MR) is 96.4 cm³/mol. The van der Waals surface area contributed by atoms with Crippen molar-refractivity contribution in [3.05, 3.63) is 41.1 Å². The van der Waals surface area contributed by atoms with Gasteiger partial charge in [-0.25, -0.2) is 4.79 Å². The van der Waals surface area contributed by atoms with Gasteiger partial charge in [-0.15, -0.1) is 0 Å². The van der Waals surface area contributed by atoms with Crippen molar-refractivity contribution in [3.8, 4) is 0 Å². The van der Waals surface area contributed by atoms with Crippen molar-refractivity contribution in [3.63, 3.8) is 0 Å². The Hall–Kier alpha value is -2.56. The normalized spacial score (nSPS) is 19.6. The van der Waals surface area contributed by atoms with Crippen molar-refractivity contribution >= 4 is 28.5 Å². The van der Waals surface area contributed by atoms with Crippen molar-refractivity contribution in [2.75, 3.05) is 7.05 Å². The van der Waals surface area contributed by atoms with Gasteiger partial charge in [0, 0.05) is 24.2 Å². The number of nitrogens with zero attached hydrogens (tertiary/aromatic N) is 2. The number of likely N-dealkylation sites (N-methyl/N-ethyl adjacent to an activating group) is 1. The van der Waals surface area contributed by atoms with Gasteiger partial charge in [-0.1, -0.05) is 12.1 Å². The van der Waals surface area contributed by atoms with E-state index in [1.54, 1.807) is 9.47 Å². The van der Waals surface area contributed by atoms with Crippen molar-refractivity contribution in [1.29, 1.82) is 0 Å². The smallest absolute Gasteiger partial charge is 0.419 e. The van der Waals surface area contributed by atoms with Gasteiger partial charge < -0.3 is 9.64 Å². The summed E-state index contributed by atoms with van der Waals surface area (Å²) in [5.74, 6) is 0.0853. The van der Waals surface area contributed by atoms with E-state index in [1.807, 2.05) is 59.1 Å². The minimum Gasteiger partial charge on any atom is -0.443 e. The van der Waals surface area contributed by atoms with E-state index in [4.69, 9.17) is 4.74 Å². The van der Waals surface area contributed by atoms with E-state index < -0.39 is 5.60 Å². The minimum atomic E-state index is -0.548. The molecule has 0 saturated carbocycles. The lowest BCUT2D eigenvalue weighted by molar-refractivity contribution is -0.125. The summed E-state index contributed by atoms with van der Waals surface area (Å²) >= 11 is 0. The highest BCUT2D eigenvalue weighted by Gasteiger charge is 2.40. The molecule has 130 valence electrons. The van der Waals surface area contributed by atoms with E-state index >= 15 is 0 Å². The molecule has 0 spiro atoms. The highest BCUT2D eigenvalue weighted by atomic mass is 16.6. The molecule has 5 heteroatoms. The quantitative estimate of drug-likeness (QED) is 0.737. The molecule has 25 heavy (non-hydrogen) atoms. The standard InChI is InChI=1S/C20H22N2O3/c1-11-16-13-7-6-8-14-17(13)12(9-15(16)21(5)18(11)23)10-22(14)19(24)25-20(2,3)4/h6-8,10,15H,9H2,1-5H3/t15-/m1/s1. The van der Waals surface area contributed by atoms with Gasteiger partial charge in [-0.2, -0.15) is 0 Å². The molecule has 0 saturated heterocycles. The summed E-state index contributed by atoms with van der Waals surface area (Å²) in [6.07, 6.45) is 2.21. The van der Waals surface area contributed by atoms with Crippen molar-refractivity contribution in [2.45, 2.75) is 45.8 Å². The SMILES string of the molecule is CC1=C2c3cccc4c3c(cn4C(=O)OC(C)(C)C)C[C@H]2N(C)C1=O. The number of carbonyl (C=O) groups is 2. The second kappa shape index (κ2) is 4.97. The van der Waals surface area contributed by atoms with Crippen molar-refractivity contribution < 1.29 is 14.3 Å². The summed E-state index contributed by atoms with van der Waals surface area (Å²) < 4.78 is 7.15. The lowest BCUT2D eigenvalue weighted by Gasteiger charge is -2.27. The number of fused-ring (bicyclic) bond motifs is 2. The second-order valence-electron chi connectivity index (χ2n) is 7.88. The molecular weight excluding hydrogens is 316 g/mol. The van der Waals surface area contributed by atoms with Gasteiger partial charge in [-0.3, -0.25) is 9.36 Å². The zero-order chi connectivity index (χ0) is 18.1. The monoisotopic (exact) mass is 338 g/mol. The van der Waals surface area contributed by atoms with E-state index in [0.717, 1.165) is 39.6 Å². The van der Waals surface area contributed by atoms with Crippen molar-refractivity contribution in [1.82, 2.24) is 9.47 Å². The molecule has 1 aromatic carbocycles. The Labute approximate surface area is 146 Å². The molecule has 0 fully saturated rings. The highest BCUT2D eigenvalue weighted by molar-refractivity contribution is 6.12. The number of amides is 1. The first-order valence-corrected chi connectivity index (χ1v) is 8.53. The Morgan fingerprint density at radius 3 is 2.68 bits per heavy atom. The van der Waals surface area contributed by atoms with E-state index in [2.05, 4.69) is 0 Å².